The van der Waals surface area contributed by atoms with Gasteiger partial charge in [-0.3, -0.25) is 4.79 Å². The van der Waals surface area contributed by atoms with Crippen LogP contribution in [0.3, 0.4) is 0 Å². The van der Waals surface area contributed by atoms with Gasteiger partial charge in [-0.05, 0) is 31.1 Å². The zero-order valence-electron chi connectivity index (χ0n) is 12.6. The van der Waals surface area contributed by atoms with Crippen molar-refractivity contribution in [1.82, 2.24) is 10.6 Å². The number of ether oxygens (including phenoxy) is 1. The minimum atomic E-state index is -5.08. The highest BCUT2D eigenvalue weighted by molar-refractivity contribution is 5.76. The molecule has 3 N–H and O–H groups in total. The van der Waals surface area contributed by atoms with Gasteiger partial charge in [0.05, 0.1) is 12.2 Å². The lowest BCUT2D eigenvalue weighted by Gasteiger charge is -2.38. The average molecular weight is 338 g/mol. The smallest absolute Gasteiger partial charge is 0.475 e. The molecule has 0 bridgehead atoms. The number of rotatable bonds is 4. The Morgan fingerprint density at radius 2 is 1.87 bits per heavy atom. The first kappa shape index (κ1) is 18.0. The largest absolute Gasteiger partial charge is 0.490 e. The highest BCUT2D eigenvalue weighted by Gasteiger charge is 2.45. The highest BCUT2D eigenvalue weighted by atomic mass is 19.4. The SMILES string of the molecule is O=C(CC1COC2(CNC2)C1)NCC1CC1.O=C(O)C(F)(F)F. The summed E-state index contributed by atoms with van der Waals surface area (Å²) in [5.41, 5.74) is 0.0848. The van der Waals surface area contributed by atoms with Crippen LogP contribution >= 0.6 is 0 Å². The first-order chi connectivity index (χ1) is 10.7. The van der Waals surface area contributed by atoms with Crippen molar-refractivity contribution in [2.24, 2.45) is 11.8 Å². The Bertz CT molecular complexity index is 448. The number of carbonyl (C=O) groups is 2. The quantitative estimate of drug-likeness (QED) is 0.709. The monoisotopic (exact) mass is 338 g/mol. The second-order valence-corrected chi connectivity index (χ2v) is 6.42. The van der Waals surface area contributed by atoms with E-state index < -0.39 is 12.1 Å². The van der Waals surface area contributed by atoms with E-state index in [1.165, 1.54) is 12.8 Å². The lowest BCUT2D eigenvalue weighted by Crippen LogP contribution is -2.59. The molecule has 2 heterocycles. The van der Waals surface area contributed by atoms with Crippen LogP contribution < -0.4 is 10.6 Å². The molecule has 0 aromatic heterocycles. The summed E-state index contributed by atoms with van der Waals surface area (Å²) in [6.07, 6.45) is -0.797. The molecule has 1 spiro atoms. The molecule has 2 aliphatic heterocycles. The summed E-state index contributed by atoms with van der Waals surface area (Å²) < 4.78 is 37.5. The molecule has 1 amide bonds. The summed E-state index contributed by atoms with van der Waals surface area (Å²) in [6.45, 7) is 3.58. The molecule has 1 aliphatic carbocycles. The molecule has 0 aromatic rings. The lowest BCUT2D eigenvalue weighted by molar-refractivity contribution is -0.192. The minimum Gasteiger partial charge on any atom is -0.475 e. The van der Waals surface area contributed by atoms with Gasteiger partial charge in [0.1, 0.15) is 0 Å². The fraction of sp³-hybridized carbons (Fsp3) is 0.857. The number of hydrogen-bond donors (Lipinski definition) is 3. The van der Waals surface area contributed by atoms with E-state index in [1.807, 2.05) is 0 Å². The number of nitrogens with one attached hydrogen (secondary N) is 2. The van der Waals surface area contributed by atoms with Gasteiger partial charge in [-0.2, -0.15) is 13.2 Å². The molecule has 1 saturated carbocycles. The topological polar surface area (TPSA) is 87.7 Å². The predicted octanol–water partition coefficient (Wildman–Crippen LogP) is 0.914. The van der Waals surface area contributed by atoms with Crippen LogP contribution in [0, 0.1) is 11.8 Å². The normalized spacial score (nSPS) is 25.3. The first-order valence-corrected chi connectivity index (χ1v) is 7.62. The molecule has 9 heteroatoms. The van der Waals surface area contributed by atoms with Gasteiger partial charge in [-0.25, -0.2) is 4.79 Å². The van der Waals surface area contributed by atoms with Crippen molar-refractivity contribution in [1.29, 1.82) is 0 Å². The van der Waals surface area contributed by atoms with Crippen LogP contribution in [-0.4, -0.2) is 55.0 Å². The summed E-state index contributed by atoms with van der Waals surface area (Å²) in [5.74, 6) is -1.34. The summed E-state index contributed by atoms with van der Waals surface area (Å²) >= 11 is 0. The Hall–Kier alpha value is -1.35. The predicted molar refractivity (Wildman–Crippen MR) is 73.7 cm³/mol. The minimum absolute atomic E-state index is 0.0848. The number of carboxylic acid groups (broad SMARTS) is 1. The van der Waals surface area contributed by atoms with E-state index in [1.54, 1.807) is 0 Å². The second-order valence-electron chi connectivity index (χ2n) is 6.42. The van der Waals surface area contributed by atoms with E-state index in [4.69, 9.17) is 14.6 Å². The van der Waals surface area contributed by atoms with Gasteiger partial charge >= 0.3 is 12.1 Å². The van der Waals surface area contributed by atoms with Gasteiger partial charge < -0.3 is 20.5 Å². The van der Waals surface area contributed by atoms with Crippen molar-refractivity contribution < 1.29 is 32.6 Å². The van der Waals surface area contributed by atoms with Gasteiger partial charge in [-0.15, -0.1) is 0 Å². The Balaban J connectivity index is 0.000000236. The number of halogens is 3. The molecule has 3 fully saturated rings. The molecule has 0 radical (unpaired) electrons. The maximum atomic E-state index is 11.7. The number of carboxylic acids is 1. The Morgan fingerprint density at radius 1 is 1.26 bits per heavy atom. The molecule has 3 rings (SSSR count). The van der Waals surface area contributed by atoms with Crippen LogP contribution in [-0.2, 0) is 14.3 Å². The molecule has 3 aliphatic rings. The maximum Gasteiger partial charge on any atom is 0.490 e. The number of alkyl halides is 3. The fourth-order valence-electron chi connectivity index (χ4n) is 2.63. The highest BCUT2D eigenvalue weighted by Crippen LogP contribution is 2.34. The molecule has 23 heavy (non-hydrogen) atoms. The van der Waals surface area contributed by atoms with Crippen molar-refractivity contribution in [2.75, 3.05) is 26.2 Å². The summed E-state index contributed by atoms with van der Waals surface area (Å²) in [4.78, 5) is 20.6. The summed E-state index contributed by atoms with van der Waals surface area (Å²) in [5, 5.41) is 13.4. The van der Waals surface area contributed by atoms with Crippen molar-refractivity contribution in [3.63, 3.8) is 0 Å². The van der Waals surface area contributed by atoms with E-state index in [0.29, 0.717) is 12.3 Å². The summed E-state index contributed by atoms with van der Waals surface area (Å²) in [7, 11) is 0. The van der Waals surface area contributed by atoms with Gasteiger partial charge in [-0.1, -0.05) is 0 Å². The van der Waals surface area contributed by atoms with Crippen molar-refractivity contribution in [2.45, 2.75) is 37.5 Å². The van der Waals surface area contributed by atoms with Crippen LogP contribution in [0.5, 0.6) is 0 Å². The fourth-order valence-corrected chi connectivity index (χ4v) is 2.63. The number of hydrogen-bond acceptors (Lipinski definition) is 4. The molecule has 1 unspecified atom stereocenters. The molecule has 132 valence electrons. The molecule has 0 aromatic carbocycles. The number of amides is 1. The van der Waals surface area contributed by atoms with E-state index in [9.17, 15) is 18.0 Å². The Labute approximate surface area is 131 Å². The zero-order valence-corrected chi connectivity index (χ0v) is 12.6. The van der Waals surface area contributed by atoms with E-state index >= 15 is 0 Å². The van der Waals surface area contributed by atoms with Crippen molar-refractivity contribution in [3.05, 3.63) is 0 Å². The van der Waals surface area contributed by atoms with Gasteiger partial charge in [0.15, 0.2) is 0 Å². The van der Waals surface area contributed by atoms with Gasteiger partial charge in [0, 0.05) is 26.1 Å². The third kappa shape index (κ3) is 5.65. The van der Waals surface area contributed by atoms with Gasteiger partial charge in [0.25, 0.3) is 0 Å². The molecular weight excluding hydrogens is 317 g/mol. The van der Waals surface area contributed by atoms with E-state index in [-0.39, 0.29) is 11.5 Å². The number of carbonyl (C=O) groups excluding carboxylic acids is 1. The Morgan fingerprint density at radius 3 is 2.26 bits per heavy atom. The van der Waals surface area contributed by atoms with Crippen molar-refractivity contribution >= 4 is 11.9 Å². The summed E-state index contributed by atoms with van der Waals surface area (Å²) in [6, 6.07) is 0. The van der Waals surface area contributed by atoms with Crippen LogP contribution in [0.4, 0.5) is 13.2 Å². The molecule has 6 nitrogen and oxygen atoms in total. The van der Waals surface area contributed by atoms with Gasteiger partial charge in [0.2, 0.25) is 5.91 Å². The van der Waals surface area contributed by atoms with Crippen LogP contribution in [0.25, 0.3) is 0 Å². The van der Waals surface area contributed by atoms with Crippen LogP contribution in [0.15, 0.2) is 0 Å². The molecule has 1 atom stereocenters. The van der Waals surface area contributed by atoms with Crippen LogP contribution in [0.1, 0.15) is 25.7 Å². The third-order valence-electron chi connectivity index (χ3n) is 4.18. The molecular formula is C14H21F3N2O4. The third-order valence-corrected chi connectivity index (χ3v) is 4.18. The lowest BCUT2D eigenvalue weighted by atomic mass is 9.88. The molecule has 2 saturated heterocycles. The number of aliphatic carboxylic acids is 1. The Kier molecular flexibility index (Phi) is 5.51. The van der Waals surface area contributed by atoms with E-state index in [0.717, 1.165) is 38.6 Å². The van der Waals surface area contributed by atoms with Crippen LogP contribution in [0.2, 0.25) is 0 Å². The maximum absolute atomic E-state index is 11.7. The standard InChI is InChI=1S/C12H20N2O2.C2HF3O2/c15-11(14-5-9-1-2-9)3-10-4-12(16-6-10)7-13-8-12;3-2(4,5)1(6)7/h9-10,13H,1-8H2,(H,14,15);(H,6,7). The van der Waals surface area contributed by atoms with Crippen molar-refractivity contribution in [3.8, 4) is 0 Å². The van der Waals surface area contributed by atoms with E-state index in [2.05, 4.69) is 10.6 Å². The average Bonchev–Trinajstić information content (AvgIpc) is 3.14. The first-order valence-electron chi connectivity index (χ1n) is 7.62. The zero-order chi connectivity index (χ0) is 17.1. The second kappa shape index (κ2) is 7.04.